The van der Waals surface area contributed by atoms with Crippen LogP contribution in [0.2, 0.25) is 0 Å². The molecule has 0 fully saturated rings. The summed E-state index contributed by atoms with van der Waals surface area (Å²) in [5, 5.41) is 0. The molecule has 0 bridgehead atoms. The van der Waals surface area contributed by atoms with Crippen molar-refractivity contribution in [3.8, 4) is 11.6 Å². The van der Waals surface area contributed by atoms with Crippen LogP contribution < -0.4 is 10.5 Å². The molecule has 2 rings (SSSR count). The van der Waals surface area contributed by atoms with Crippen molar-refractivity contribution in [2.75, 3.05) is 5.73 Å². The molecule has 1 heterocycles. The van der Waals surface area contributed by atoms with Gasteiger partial charge in [-0.15, -0.1) is 0 Å². The molecular formula is C14H17N3O. The number of nitrogen functional groups attached to an aromatic ring is 1. The van der Waals surface area contributed by atoms with Crippen molar-refractivity contribution in [2.24, 2.45) is 0 Å². The van der Waals surface area contributed by atoms with E-state index in [2.05, 4.69) is 23.0 Å². The molecule has 0 unspecified atom stereocenters. The van der Waals surface area contributed by atoms with Crippen LogP contribution in [0, 0.1) is 27.7 Å². The zero-order chi connectivity index (χ0) is 13.3. The van der Waals surface area contributed by atoms with Crippen LogP contribution in [0.15, 0.2) is 18.2 Å². The van der Waals surface area contributed by atoms with E-state index in [0.29, 0.717) is 17.5 Å². The largest absolute Gasteiger partial charge is 0.438 e. The summed E-state index contributed by atoms with van der Waals surface area (Å²) >= 11 is 0. The van der Waals surface area contributed by atoms with E-state index < -0.39 is 0 Å². The topological polar surface area (TPSA) is 61.0 Å². The Morgan fingerprint density at radius 3 is 2.44 bits per heavy atom. The fraction of sp³-hybridized carbons (Fsp3) is 0.286. The summed E-state index contributed by atoms with van der Waals surface area (Å²) in [6.07, 6.45) is 0. The Bertz CT molecular complexity index is 594. The standard InChI is InChI=1S/C14H17N3O/c1-8-5-6-12(9(2)7-8)18-14-10(3)13(15)16-11(4)17-14/h5-7H,1-4H3,(H2,15,16,17). The van der Waals surface area contributed by atoms with Gasteiger partial charge in [-0.05, 0) is 39.3 Å². The predicted octanol–water partition coefficient (Wildman–Crippen LogP) is 3.08. The van der Waals surface area contributed by atoms with Crippen molar-refractivity contribution in [1.29, 1.82) is 0 Å². The van der Waals surface area contributed by atoms with Gasteiger partial charge in [0.15, 0.2) is 0 Å². The number of aromatic nitrogens is 2. The van der Waals surface area contributed by atoms with Crippen LogP contribution in [0.3, 0.4) is 0 Å². The lowest BCUT2D eigenvalue weighted by Gasteiger charge is -2.12. The molecule has 0 radical (unpaired) electrons. The maximum absolute atomic E-state index is 5.83. The Labute approximate surface area is 107 Å². The van der Waals surface area contributed by atoms with E-state index in [0.717, 1.165) is 16.9 Å². The van der Waals surface area contributed by atoms with Gasteiger partial charge in [0.05, 0.1) is 5.56 Å². The third-order valence-corrected chi connectivity index (χ3v) is 2.79. The Hall–Kier alpha value is -2.10. The highest BCUT2D eigenvalue weighted by Crippen LogP contribution is 2.28. The van der Waals surface area contributed by atoms with Gasteiger partial charge in [0.1, 0.15) is 17.4 Å². The number of nitrogens with zero attached hydrogens (tertiary/aromatic N) is 2. The Morgan fingerprint density at radius 1 is 1.06 bits per heavy atom. The molecule has 1 aromatic heterocycles. The summed E-state index contributed by atoms with van der Waals surface area (Å²) in [4.78, 5) is 8.38. The van der Waals surface area contributed by atoms with Gasteiger partial charge in [0.25, 0.3) is 0 Å². The maximum atomic E-state index is 5.83. The molecule has 0 saturated heterocycles. The number of hydrogen-bond acceptors (Lipinski definition) is 4. The van der Waals surface area contributed by atoms with Gasteiger partial charge in [-0.3, -0.25) is 0 Å². The van der Waals surface area contributed by atoms with E-state index in [-0.39, 0.29) is 0 Å². The molecule has 2 aromatic rings. The number of hydrogen-bond donors (Lipinski definition) is 1. The molecular weight excluding hydrogens is 226 g/mol. The van der Waals surface area contributed by atoms with E-state index in [1.54, 1.807) is 6.92 Å². The summed E-state index contributed by atoms with van der Waals surface area (Å²) in [5.41, 5.74) is 8.85. The average molecular weight is 243 g/mol. The zero-order valence-corrected chi connectivity index (χ0v) is 11.1. The zero-order valence-electron chi connectivity index (χ0n) is 11.1. The van der Waals surface area contributed by atoms with Crippen LogP contribution in [0.25, 0.3) is 0 Å². The van der Waals surface area contributed by atoms with Crippen LogP contribution in [-0.4, -0.2) is 9.97 Å². The summed E-state index contributed by atoms with van der Waals surface area (Å²) in [5.74, 6) is 2.38. The predicted molar refractivity (Wildman–Crippen MR) is 71.9 cm³/mol. The van der Waals surface area contributed by atoms with Crippen molar-refractivity contribution in [1.82, 2.24) is 9.97 Å². The Kier molecular flexibility index (Phi) is 3.19. The maximum Gasteiger partial charge on any atom is 0.227 e. The van der Waals surface area contributed by atoms with Crippen LogP contribution in [0.1, 0.15) is 22.5 Å². The van der Waals surface area contributed by atoms with Crippen molar-refractivity contribution in [2.45, 2.75) is 27.7 Å². The molecule has 0 saturated carbocycles. The van der Waals surface area contributed by atoms with Crippen molar-refractivity contribution in [3.63, 3.8) is 0 Å². The number of ether oxygens (including phenoxy) is 1. The minimum Gasteiger partial charge on any atom is -0.438 e. The minimum atomic E-state index is 0.460. The average Bonchev–Trinajstić information content (AvgIpc) is 2.29. The van der Waals surface area contributed by atoms with Gasteiger partial charge in [0, 0.05) is 0 Å². The Balaban J connectivity index is 2.40. The number of benzene rings is 1. The monoisotopic (exact) mass is 243 g/mol. The van der Waals surface area contributed by atoms with Gasteiger partial charge in [-0.1, -0.05) is 17.7 Å². The molecule has 0 aliphatic carbocycles. The van der Waals surface area contributed by atoms with Crippen LogP contribution in [-0.2, 0) is 0 Å². The quantitative estimate of drug-likeness (QED) is 0.880. The van der Waals surface area contributed by atoms with Crippen LogP contribution >= 0.6 is 0 Å². The molecule has 0 atom stereocenters. The molecule has 4 heteroatoms. The molecule has 2 N–H and O–H groups in total. The highest BCUT2D eigenvalue weighted by molar-refractivity contribution is 5.47. The summed E-state index contributed by atoms with van der Waals surface area (Å²) in [6.45, 7) is 7.71. The van der Waals surface area contributed by atoms with E-state index in [9.17, 15) is 0 Å². The lowest BCUT2D eigenvalue weighted by atomic mass is 10.1. The fourth-order valence-corrected chi connectivity index (χ4v) is 1.74. The second-order valence-electron chi connectivity index (χ2n) is 4.46. The van der Waals surface area contributed by atoms with Crippen LogP contribution in [0.5, 0.6) is 11.6 Å². The van der Waals surface area contributed by atoms with Crippen molar-refractivity contribution in [3.05, 3.63) is 40.7 Å². The first-order valence-electron chi connectivity index (χ1n) is 5.83. The van der Waals surface area contributed by atoms with E-state index in [1.165, 1.54) is 5.56 Å². The van der Waals surface area contributed by atoms with Gasteiger partial charge >= 0.3 is 0 Å². The summed E-state index contributed by atoms with van der Waals surface area (Å²) in [6, 6.07) is 6.02. The lowest BCUT2D eigenvalue weighted by molar-refractivity contribution is 0.453. The molecule has 94 valence electrons. The summed E-state index contributed by atoms with van der Waals surface area (Å²) in [7, 11) is 0. The molecule has 18 heavy (non-hydrogen) atoms. The van der Waals surface area contributed by atoms with Gasteiger partial charge in [0.2, 0.25) is 5.88 Å². The van der Waals surface area contributed by atoms with E-state index >= 15 is 0 Å². The highest BCUT2D eigenvalue weighted by Gasteiger charge is 2.10. The molecule has 0 spiro atoms. The summed E-state index contributed by atoms with van der Waals surface area (Å²) < 4.78 is 5.83. The molecule has 0 amide bonds. The third kappa shape index (κ3) is 2.42. The van der Waals surface area contributed by atoms with Gasteiger partial charge < -0.3 is 10.5 Å². The number of nitrogens with two attached hydrogens (primary N) is 1. The van der Waals surface area contributed by atoms with E-state index in [1.807, 2.05) is 26.0 Å². The SMILES string of the molecule is Cc1ccc(Oc2nc(C)nc(N)c2C)c(C)c1. The fourth-order valence-electron chi connectivity index (χ4n) is 1.74. The minimum absolute atomic E-state index is 0.460. The first-order valence-corrected chi connectivity index (χ1v) is 5.83. The molecule has 0 aliphatic heterocycles. The third-order valence-electron chi connectivity index (χ3n) is 2.79. The molecule has 0 aliphatic rings. The molecule has 1 aromatic carbocycles. The Morgan fingerprint density at radius 2 is 1.78 bits per heavy atom. The first kappa shape index (κ1) is 12.4. The second-order valence-corrected chi connectivity index (χ2v) is 4.46. The van der Waals surface area contributed by atoms with Crippen molar-refractivity contribution < 1.29 is 4.74 Å². The number of rotatable bonds is 2. The van der Waals surface area contributed by atoms with E-state index in [4.69, 9.17) is 10.5 Å². The number of anilines is 1. The molecule has 4 nitrogen and oxygen atoms in total. The lowest BCUT2D eigenvalue weighted by Crippen LogP contribution is -2.02. The number of aryl methyl sites for hydroxylation is 3. The van der Waals surface area contributed by atoms with Gasteiger partial charge in [-0.2, -0.15) is 4.98 Å². The van der Waals surface area contributed by atoms with Crippen molar-refractivity contribution >= 4 is 5.82 Å². The highest BCUT2D eigenvalue weighted by atomic mass is 16.5. The first-order chi connectivity index (χ1) is 8.47. The smallest absolute Gasteiger partial charge is 0.227 e. The van der Waals surface area contributed by atoms with Crippen LogP contribution in [0.4, 0.5) is 5.82 Å². The second kappa shape index (κ2) is 4.64. The van der Waals surface area contributed by atoms with Gasteiger partial charge in [-0.25, -0.2) is 4.98 Å². The normalized spacial score (nSPS) is 10.4.